The zero-order chi connectivity index (χ0) is 60.7. The molecular formula is C75H137NO8. The van der Waals surface area contributed by atoms with Gasteiger partial charge in [0.15, 0.2) is 6.29 Å². The lowest BCUT2D eigenvalue weighted by atomic mass is 9.99. The first-order valence-electron chi connectivity index (χ1n) is 36.1. The summed E-state index contributed by atoms with van der Waals surface area (Å²) in [5.74, 6) is -0.138. The van der Waals surface area contributed by atoms with Crippen LogP contribution in [0.25, 0.3) is 0 Å². The van der Waals surface area contributed by atoms with Gasteiger partial charge in [-0.25, -0.2) is 0 Å². The molecular weight excluding hydrogens is 1040 g/mol. The lowest BCUT2D eigenvalue weighted by Crippen LogP contribution is -2.60. The topological polar surface area (TPSA) is 149 Å². The van der Waals surface area contributed by atoms with E-state index in [9.17, 15) is 30.3 Å². The fourth-order valence-electron chi connectivity index (χ4n) is 11.5. The van der Waals surface area contributed by atoms with Crippen LogP contribution in [0.5, 0.6) is 0 Å². The molecule has 0 radical (unpaired) electrons. The summed E-state index contributed by atoms with van der Waals surface area (Å²) in [5, 5.41) is 54.9. The Bertz CT molecular complexity index is 1560. The molecule has 1 heterocycles. The molecule has 7 atom stereocenters. The standard InChI is InChI=1S/C75H137NO8/c1-3-5-7-9-11-13-15-17-19-21-23-25-26-27-28-29-30-31-32-33-34-35-36-37-38-39-40-41-42-43-44-45-47-49-51-53-55-57-59-61-63-65-71(79)76-68(67-83-75-74(82)73(81)72(80)70(66-77)84-75)69(78)64-62-60-58-56-54-52-50-48-46-24-22-20-18-16-14-12-10-8-6-4-2/h5,7,11,13,17,19,23,25,27-28,30-31,68-70,72-75,77-78,80-82H,3-4,6,8-10,12,14-16,18,20-22,24,26,29,32-67H2,1-2H3,(H,76,79)/b7-5-,13-11-,19-17-,25-23-,28-27-,31-30-. The third-order valence-corrected chi connectivity index (χ3v) is 17.1. The quantitative estimate of drug-likeness (QED) is 0.0261. The number of amides is 1. The van der Waals surface area contributed by atoms with E-state index in [0.717, 1.165) is 77.0 Å². The maximum atomic E-state index is 13.2. The minimum absolute atomic E-state index is 0.135. The van der Waals surface area contributed by atoms with Gasteiger partial charge in [-0.1, -0.05) is 344 Å². The molecule has 0 aromatic rings. The SMILES string of the molecule is CC/C=C\C/C=C\C/C=C\C/C=C\C/C=C\C/C=C\CCCCCCCCCCCCCCCCCCCCCCCCC(=O)NC(COC1OC(CO)C(O)C(O)C1O)C(O)CCCCCCCCCCCCCCCCCCCCCC. The number of hydrogen-bond acceptors (Lipinski definition) is 8. The number of unbranched alkanes of at least 4 members (excludes halogenated alkanes) is 41. The van der Waals surface area contributed by atoms with Gasteiger partial charge >= 0.3 is 0 Å². The summed E-state index contributed by atoms with van der Waals surface area (Å²) < 4.78 is 11.4. The minimum Gasteiger partial charge on any atom is -0.394 e. The fourth-order valence-corrected chi connectivity index (χ4v) is 11.5. The number of nitrogens with one attached hydrogen (secondary N) is 1. The first-order chi connectivity index (χ1) is 41.3. The van der Waals surface area contributed by atoms with Crippen LogP contribution in [0.3, 0.4) is 0 Å². The predicted molar refractivity (Wildman–Crippen MR) is 359 cm³/mol. The number of carbonyl (C=O) groups is 1. The normalized spacial score (nSPS) is 18.6. The molecule has 0 aliphatic carbocycles. The van der Waals surface area contributed by atoms with Crippen molar-refractivity contribution >= 4 is 5.91 Å². The highest BCUT2D eigenvalue weighted by Gasteiger charge is 2.44. The number of rotatable bonds is 63. The average Bonchev–Trinajstić information content (AvgIpc) is 3.70. The summed E-state index contributed by atoms with van der Waals surface area (Å²) in [6.07, 6.45) is 82.7. The van der Waals surface area contributed by atoms with E-state index in [1.165, 1.54) is 238 Å². The van der Waals surface area contributed by atoms with Gasteiger partial charge in [-0.2, -0.15) is 0 Å². The first kappa shape index (κ1) is 79.6. The summed E-state index contributed by atoms with van der Waals surface area (Å²) in [7, 11) is 0. The largest absolute Gasteiger partial charge is 0.394 e. The molecule has 1 aliphatic rings. The Morgan fingerprint density at radius 1 is 0.417 bits per heavy atom. The summed E-state index contributed by atoms with van der Waals surface area (Å²) in [5.41, 5.74) is 0. The van der Waals surface area contributed by atoms with Crippen molar-refractivity contribution in [2.24, 2.45) is 0 Å². The Labute approximate surface area is 519 Å². The van der Waals surface area contributed by atoms with Crippen LogP contribution in [-0.4, -0.2) is 87.5 Å². The third kappa shape index (κ3) is 51.7. The van der Waals surface area contributed by atoms with Crippen LogP contribution in [0.2, 0.25) is 0 Å². The van der Waals surface area contributed by atoms with E-state index in [0.29, 0.717) is 12.8 Å². The summed E-state index contributed by atoms with van der Waals surface area (Å²) in [6.45, 7) is 3.76. The number of aliphatic hydroxyl groups is 5. The van der Waals surface area contributed by atoms with Crippen molar-refractivity contribution in [2.75, 3.05) is 13.2 Å². The number of ether oxygens (including phenoxy) is 2. The highest BCUT2D eigenvalue weighted by Crippen LogP contribution is 2.24. The van der Waals surface area contributed by atoms with E-state index in [1.807, 2.05) is 0 Å². The number of hydrogen-bond donors (Lipinski definition) is 6. The molecule has 1 aliphatic heterocycles. The molecule has 0 aromatic carbocycles. The second-order valence-electron chi connectivity index (χ2n) is 25.0. The maximum absolute atomic E-state index is 13.2. The van der Waals surface area contributed by atoms with Crippen molar-refractivity contribution in [3.8, 4) is 0 Å². The molecule has 1 amide bonds. The molecule has 490 valence electrons. The maximum Gasteiger partial charge on any atom is 0.220 e. The smallest absolute Gasteiger partial charge is 0.220 e. The van der Waals surface area contributed by atoms with Crippen LogP contribution >= 0.6 is 0 Å². The minimum atomic E-state index is -1.55. The van der Waals surface area contributed by atoms with E-state index >= 15 is 0 Å². The molecule has 1 saturated heterocycles. The summed E-state index contributed by atoms with van der Waals surface area (Å²) in [4.78, 5) is 13.2. The van der Waals surface area contributed by atoms with Gasteiger partial charge in [0.2, 0.25) is 5.91 Å². The monoisotopic (exact) mass is 1180 g/mol. The van der Waals surface area contributed by atoms with Gasteiger partial charge in [0.25, 0.3) is 0 Å². The average molecular weight is 1180 g/mol. The van der Waals surface area contributed by atoms with Crippen LogP contribution < -0.4 is 5.32 Å². The lowest BCUT2D eigenvalue weighted by molar-refractivity contribution is -0.302. The molecule has 0 aromatic heterocycles. The Kier molecular flexibility index (Phi) is 60.3. The number of allylic oxidation sites excluding steroid dienone is 12. The third-order valence-electron chi connectivity index (χ3n) is 17.1. The Balaban J connectivity index is 2.04. The number of carbonyl (C=O) groups excluding carboxylic acids is 1. The van der Waals surface area contributed by atoms with Gasteiger partial charge in [-0.3, -0.25) is 4.79 Å². The van der Waals surface area contributed by atoms with Gasteiger partial charge in [0.1, 0.15) is 24.4 Å². The van der Waals surface area contributed by atoms with E-state index in [4.69, 9.17) is 9.47 Å². The second kappa shape index (κ2) is 63.6. The molecule has 1 fully saturated rings. The van der Waals surface area contributed by atoms with E-state index in [-0.39, 0.29) is 12.5 Å². The molecule has 0 spiro atoms. The zero-order valence-electron chi connectivity index (χ0n) is 54.9. The van der Waals surface area contributed by atoms with Gasteiger partial charge < -0.3 is 40.3 Å². The van der Waals surface area contributed by atoms with Crippen LogP contribution in [0.1, 0.15) is 341 Å². The van der Waals surface area contributed by atoms with E-state index in [2.05, 4.69) is 92.1 Å². The van der Waals surface area contributed by atoms with Crippen molar-refractivity contribution in [3.05, 3.63) is 72.9 Å². The molecule has 0 saturated carbocycles. The van der Waals surface area contributed by atoms with Crippen LogP contribution in [-0.2, 0) is 14.3 Å². The molecule has 1 rings (SSSR count). The Morgan fingerprint density at radius 2 is 0.738 bits per heavy atom. The Hall–Kier alpha value is -2.37. The summed E-state index contributed by atoms with van der Waals surface area (Å²) in [6, 6.07) is -0.720. The van der Waals surface area contributed by atoms with E-state index in [1.54, 1.807) is 0 Å². The predicted octanol–water partition coefficient (Wildman–Crippen LogP) is 19.9. The van der Waals surface area contributed by atoms with Gasteiger partial charge in [0.05, 0.1) is 25.4 Å². The molecule has 6 N–H and O–H groups in total. The van der Waals surface area contributed by atoms with Crippen LogP contribution in [0.15, 0.2) is 72.9 Å². The van der Waals surface area contributed by atoms with E-state index < -0.39 is 49.5 Å². The Morgan fingerprint density at radius 3 is 1.10 bits per heavy atom. The van der Waals surface area contributed by atoms with Crippen molar-refractivity contribution in [1.29, 1.82) is 0 Å². The lowest BCUT2D eigenvalue weighted by Gasteiger charge is -2.40. The van der Waals surface area contributed by atoms with Crippen molar-refractivity contribution in [1.82, 2.24) is 5.32 Å². The summed E-state index contributed by atoms with van der Waals surface area (Å²) >= 11 is 0. The zero-order valence-corrected chi connectivity index (χ0v) is 54.9. The fraction of sp³-hybridized carbons (Fsp3) is 0.827. The molecule has 0 bridgehead atoms. The van der Waals surface area contributed by atoms with Crippen molar-refractivity contribution < 1.29 is 39.8 Å². The first-order valence-corrected chi connectivity index (χ1v) is 36.1. The molecule has 9 heteroatoms. The second-order valence-corrected chi connectivity index (χ2v) is 25.0. The molecule has 7 unspecified atom stereocenters. The van der Waals surface area contributed by atoms with Crippen LogP contribution in [0, 0.1) is 0 Å². The van der Waals surface area contributed by atoms with Crippen LogP contribution in [0.4, 0.5) is 0 Å². The van der Waals surface area contributed by atoms with Gasteiger partial charge in [-0.15, -0.1) is 0 Å². The van der Waals surface area contributed by atoms with Crippen molar-refractivity contribution in [2.45, 2.75) is 384 Å². The van der Waals surface area contributed by atoms with Gasteiger partial charge in [-0.05, 0) is 64.2 Å². The van der Waals surface area contributed by atoms with Crippen molar-refractivity contribution in [3.63, 3.8) is 0 Å². The molecule has 84 heavy (non-hydrogen) atoms. The molecule has 9 nitrogen and oxygen atoms in total. The number of aliphatic hydroxyl groups excluding tert-OH is 5. The highest BCUT2D eigenvalue weighted by molar-refractivity contribution is 5.76. The van der Waals surface area contributed by atoms with Gasteiger partial charge in [0, 0.05) is 6.42 Å². The highest BCUT2D eigenvalue weighted by atomic mass is 16.7.